The quantitative estimate of drug-likeness (QED) is 0.737. The Morgan fingerprint density at radius 1 is 1.00 bits per heavy atom. The van der Waals surface area contributed by atoms with Crippen LogP contribution in [-0.2, 0) is 14.3 Å². The van der Waals surface area contributed by atoms with Crippen LogP contribution in [0, 0.1) is 0 Å². The highest BCUT2D eigenvalue weighted by Gasteiger charge is 2.43. The van der Waals surface area contributed by atoms with Gasteiger partial charge in [0.05, 0.1) is 18.8 Å². The normalized spacial score (nSPS) is 30.9. The number of nitrogens with zero attached hydrogens (tertiary/aromatic N) is 2. The number of amides is 2. The van der Waals surface area contributed by atoms with Crippen molar-refractivity contribution in [3.8, 4) is 0 Å². The van der Waals surface area contributed by atoms with Gasteiger partial charge in [-0.25, -0.2) is 4.79 Å². The van der Waals surface area contributed by atoms with Crippen molar-refractivity contribution in [3.05, 3.63) is 0 Å². The predicted octanol–water partition coefficient (Wildman–Crippen LogP) is 2.56. The number of hydrogen-bond donors (Lipinski definition) is 0. The van der Waals surface area contributed by atoms with Crippen LogP contribution in [0.25, 0.3) is 0 Å². The van der Waals surface area contributed by atoms with E-state index in [0.717, 1.165) is 32.1 Å². The molecule has 6 nitrogen and oxygen atoms in total. The summed E-state index contributed by atoms with van der Waals surface area (Å²) in [6.07, 6.45) is 5.76. The Morgan fingerprint density at radius 3 is 2.50 bits per heavy atom. The summed E-state index contributed by atoms with van der Waals surface area (Å²) < 4.78 is 11.4. The Kier molecular flexibility index (Phi) is 5.04. The molecule has 0 aromatic heterocycles. The standard InChI is InChI=1S/C18H30N2O4/c1-18(2,3)24-17(22)20-10-6-8-14(20)16(21)19-11-12-23-15-9-5-4-7-13(15)19/h13-15H,4-12H2,1-3H3/t13-,14-,15-/m0/s1. The highest BCUT2D eigenvalue weighted by molar-refractivity contribution is 5.86. The molecule has 0 bridgehead atoms. The van der Waals surface area contributed by atoms with Crippen molar-refractivity contribution in [2.45, 2.75) is 83.1 Å². The summed E-state index contributed by atoms with van der Waals surface area (Å²) in [7, 11) is 0. The van der Waals surface area contributed by atoms with Crippen LogP contribution in [0.5, 0.6) is 0 Å². The fourth-order valence-electron chi connectivity index (χ4n) is 4.12. The number of hydrogen-bond acceptors (Lipinski definition) is 4. The molecule has 3 aliphatic rings. The lowest BCUT2D eigenvalue weighted by atomic mass is 9.89. The van der Waals surface area contributed by atoms with E-state index in [1.165, 1.54) is 6.42 Å². The molecule has 2 saturated heterocycles. The fourth-order valence-corrected chi connectivity index (χ4v) is 4.12. The van der Waals surface area contributed by atoms with E-state index < -0.39 is 5.60 Å². The average Bonchev–Trinajstić information content (AvgIpc) is 3.02. The van der Waals surface area contributed by atoms with Crippen LogP contribution in [0.1, 0.15) is 59.3 Å². The Labute approximate surface area is 144 Å². The van der Waals surface area contributed by atoms with Crippen LogP contribution < -0.4 is 0 Å². The van der Waals surface area contributed by atoms with Gasteiger partial charge in [0.2, 0.25) is 5.91 Å². The summed E-state index contributed by atoms with van der Waals surface area (Å²) in [5, 5.41) is 0. The molecule has 136 valence electrons. The van der Waals surface area contributed by atoms with Crippen LogP contribution in [0.3, 0.4) is 0 Å². The first-order valence-corrected chi connectivity index (χ1v) is 9.28. The number of carbonyl (C=O) groups excluding carboxylic acids is 2. The zero-order valence-corrected chi connectivity index (χ0v) is 15.1. The van der Waals surface area contributed by atoms with Crippen molar-refractivity contribution in [2.75, 3.05) is 19.7 Å². The zero-order chi connectivity index (χ0) is 17.3. The van der Waals surface area contributed by atoms with Crippen molar-refractivity contribution in [2.24, 2.45) is 0 Å². The summed E-state index contributed by atoms with van der Waals surface area (Å²) in [5.41, 5.74) is -0.541. The minimum absolute atomic E-state index is 0.0820. The summed E-state index contributed by atoms with van der Waals surface area (Å²) in [6, 6.07) is -0.193. The molecule has 2 aliphatic heterocycles. The third-order valence-corrected chi connectivity index (χ3v) is 5.18. The van der Waals surface area contributed by atoms with Gasteiger partial charge < -0.3 is 14.4 Å². The van der Waals surface area contributed by atoms with Crippen LogP contribution in [0.15, 0.2) is 0 Å². The molecule has 0 spiro atoms. The van der Waals surface area contributed by atoms with Crippen LogP contribution in [0.2, 0.25) is 0 Å². The van der Waals surface area contributed by atoms with Gasteiger partial charge in [-0.2, -0.15) is 0 Å². The highest BCUT2D eigenvalue weighted by atomic mass is 16.6. The molecule has 0 aromatic carbocycles. The van der Waals surface area contributed by atoms with E-state index in [4.69, 9.17) is 9.47 Å². The Hall–Kier alpha value is -1.30. The number of ether oxygens (including phenoxy) is 2. The largest absolute Gasteiger partial charge is 0.444 e. The monoisotopic (exact) mass is 338 g/mol. The number of rotatable bonds is 1. The van der Waals surface area contributed by atoms with E-state index in [1.807, 2.05) is 25.7 Å². The van der Waals surface area contributed by atoms with E-state index in [0.29, 0.717) is 19.7 Å². The summed E-state index contributed by atoms with van der Waals surface area (Å²) in [5.74, 6) is 0.0820. The second-order valence-corrected chi connectivity index (χ2v) is 8.12. The van der Waals surface area contributed by atoms with Gasteiger partial charge in [0.25, 0.3) is 0 Å². The molecule has 1 aliphatic carbocycles. The summed E-state index contributed by atoms with van der Waals surface area (Å²) in [6.45, 7) is 7.40. The maximum atomic E-state index is 13.2. The lowest BCUT2D eigenvalue weighted by Gasteiger charge is -2.45. The smallest absolute Gasteiger partial charge is 0.410 e. The molecule has 24 heavy (non-hydrogen) atoms. The summed E-state index contributed by atoms with van der Waals surface area (Å²) >= 11 is 0. The van der Waals surface area contributed by atoms with Gasteiger partial charge in [0, 0.05) is 13.1 Å². The first-order chi connectivity index (χ1) is 11.4. The fraction of sp³-hybridized carbons (Fsp3) is 0.889. The molecule has 0 aromatic rings. The molecule has 3 fully saturated rings. The van der Waals surface area contributed by atoms with E-state index >= 15 is 0 Å². The molecular formula is C18H30N2O4. The maximum absolute atomic E-state index is 13.2. The number of fused-ring (bicyclic) bond motifs is 1. The van der Waals surface area contributed by atoms with Gasteiger partial charge in [-0.05, 0) is 46.5 Å². The van der Waals surface area contributed by atoms with Gasteiger partial charge in [-0.3, -0.25) is 9.69 Å². The third kappa shape index (κ3) is 3.68. The van der Waals surface area contributed by atoms with Crippen molar-refractivity contribution < 1.29 is 19.1 Å². The van der Waals surface area contributed by atoms with Crippen molar-refractivity contribution in [1.82, 2.24) is 9.80 Å². The van der Waals surface area contributed by atoms with Gasteiger partial charge in [-0.1, -0.05) is 12.8 Å². The minimum atomic E-state index is -0.541. The molecule has 6 heteroatoms. The lowest BCUT2D eigenvalue weighted by molar-refractivity contribution is -0.153. The van der Waals surface area contributed by atoms with E-state index in [1.54, 1.807) is 4.90 Å². The topological polar surface area (TPSA) is 59.1 Å². The van der Waals surface area contributed by atoms with E-state index in [9.17, 15) is 9.59 Å². The first-order valence-electron chi connectivity index (χ1n) is 9.28. The van der Waals surface area contributed by atoms with E-state index in [2.05, 4.69) is 0 Å². The Balaban J connectivity index is 1.69. The van der Waals surface area contributed by atoms with Gasteiger partial charge in [0.1, 0.15) is 11.6 Å². The van der Waals surface area contributed by atoms with Gasteiger partial charge in [0.15, 0.2) is 0 Å². The number of carbonyl (C=O) groups is 2. The molecule has 1 saturated carbocycles. The van der Waals surface area contributed by atoms with Crippen molar-refractivity contribution in [3.63, 3.8) is 0 Å². The average molecular weight is 338 g/mol. The minimum Gasteiger partial charge on any atom is -0.444 e. The molecule has 2 heterocycles. The molecule has 3 atom stereocenters. The molecule has 0 N–H and O–H groups in total. The Morgan fingerprint density at radius 2 is 1.75 bits per heavy atom. The molecular weight excluding hydrogens is 308 g/mol. The molecule has 2 amide bonds. The highest BCUT2D eigenvalue weighted by Crippen LogP contribution is 2.31. The van der Waals surface area contributed by atoms with Crippen LogP contribution >= 0.6 is 0 Å². The number of morpholine rings is 1. The number of likely N-dealkylation sites (tertiary alicyclic amines) is 1. The third-order valence-electron chi connectivity index (χ3n) is 5.18. The van der Waals surface area contributed by atoms with E-state index in [-0.39, 0.29) is 30.2 Å². The second kappa shape index (κ2) is 6.90. The van der Waals surface area contributed by atoms with Gasteiger partial charge >= 0.3 is 6.09 Å². The molecule has 0 radical (unpaired) electrons. The second-order valence-electron chi connectivity index (χ2n) is 8.12. The maximum Gasteiger partial charge on any atom is 0.410 e. The van der Waals surface area contributed by atoms with Crippen molar-refractivity contribution in [1.29, 1.82) is 0 Å². The summed E-state index contributed by atoms with van der Waals surface area (Å²) in [4.78, 5) is 29.2. The lowest BCUT2D eigenvalue weighted by Crippen LogP contribution is -2.59. The van der Waals surface area contributed by atoms with Crippen molar-refractivity contribution >= 4 is 12.0 Å². The molecule has 3 rings (SSSR count). The predicted molar refractivity (Wildman–Crippen MR) is 89.7 cm³/mol. The zero-order valence-electron chi connectivity index (χ0n) is 15.1. The van der Waals surface area contributed by atoms with Gasteiger partial charge in [-0.15, -0.1) is 0 Å². The van der Waals surface area contributed by atoms with Crippen LogP contribution in [0.4, 0.5) is 4.79 Å². The first kappa shape index (κ1) is 17.5. The molecule has 0 unspecified atom stereocenters. The SMILES string of the molecule is CC(C)(C)OC(=O)N1CCC[C@H]1C(=O)N1CCO[C@H]2CCCC[C@@H]21. The Bertz CT molecular complexity index is 486. The van der Waals surface area contributed by atoms with Crippen LogP contribution in [-0.4, -0.2) is 65.3 Å².